The number of aryl methyl sites for hydroxylation is 1. The van der Waals surface area contributed by atoms with Crippen LogP contribution in [0.5, 0.6) is 5.75 Å². The van der Waals surface area contributed by atoms with Gasteiger partial charge in [-0.25, -0.2) is 0 Å². The van der Waals surface area contributed by atoms with Crippen molar-refractivity contribution in [2.45, 2.75) is 45.2 Å². The topological polar surface area (TPSA) is 41.5 Å². The van der Waals surface area contributed by atoms with E-state index in [4.69, 9.17) is 4.74 Å². The Hall–Kier alpha value is -1.06. The quantitative estimate of drug-likeness (QED) is 0.829. The van der Waals surface area contributed by atoms with Crippen LogP contribution in [0.4, 0.5) is 0 Å². The number of rotatable bonds is 6. The maximum Gasteiger partial charge on any atom is 0.119 e. The molecule has 0 bridgehead atoms. The van der Waals surface area contributed by atoms with Crippen LogP contribution in [-0.2, 0) is 6.42 Å². The number of aliphatic hydroxyl groups is 1. The summed E-state index contributed by atoms with van der Waals surface area (Å²) in [7, 11) is 1.71. The zero-order chi connectivity index (χ0) is 13.8. The molecule has 0 saturated heterocycles. The Bertz CT molecular complexity index is 417. The molecule has 3 heteroatoms. The highest BCUT2D eigenvalue weighted by Crippen LogP contribution is 2.34. The van der Waals surface area contributed by atoms with Gasteiger partial charge in [0.2, 0.25) is 0 Å². The van der Waals surface area contributed by atoms with Gasteiger partial charge in [0.05, 0.1) is 7.11 Å². The summed E-state index contributed by atoms with van der Waals surface area (Å²) < 4.78 is 5.32. The molecule has 2 unspecified atom stereocenters. The van der Waals surface area contributed by atoms with Gasteiger partial charge in [-0.3, -0.25) is 0 Å². The van der Waals surface area contributed by atoms with E-state index in [9.17, 15) is 5.11 Å². The van der Waals surface area contributed by atoms with E-state index in [1.165, 1.54) is 11.1 Å². The van der Waals surface area contributed by atoms with Gasteiger partial charge in [0.25, 0.3) is 0 Å². The predicted molar refractivity (Wildman–Crippen MR) is 77.5 cm³/mol. The third-order valence-corrected chi connectivity index (χ3v) is 4.09. The summed E-state index contributed by atoms with van der Waals surface area (Å²) in [6, 6.07) is 7.12. The van der Waals surface area contributed by atoms with E-state index < -0.39 is 0 Å². The highest BCUT2D eigenvalue weighted by Gasteiger charge is 2.26. The van der Waals surface area contributed by atoms with Crippen molar-refractivity contribution in [1.29, 1.82) is 0 Å². The predicted octanol–water partition coefficient (Wildman–Crippen LogP) is 2.68. The normalized spacial score (nSPS) is 19.5. The Labute approximate surface area is 116 Å². The molecule has 2 N–H and O–H groups in total. The molecular weight excluding hydrogens is 238 g/mol. The second kappa shape index (κ2) is 6.40. The lowest BCUT2D eigenvalue weighted by atomic mass is 9.98. The van der Waals surface area contributed by atoms with E-state index in [1.54, 1.807) is 7.11 Å². The van der Waals surface area contributed by atoms with Crippen molar-refractivity contribution in [3.8, 4) is 5.75 Å². The summed E-state index contributed by atoms with van der Waals surface area (Å²) >= 11 is 0. The number of benzene rings is 1. The van der Waals surface area contributed by atoms with Crippen molar-refractivity contribution in [1.82, 2.24) is 5.32 Å². The van der Waals surface area contributed by atoms with Crippen LogP contribution in [0.1, 0.15) is 43.9 Å². The first kappa shape index (κ1) is 14.4. The number of nitrogens with one attached hydrogen (secondary N) is 1. The molecule has 1 aromatic rings. The summed E-state index contributed by atoms with van der Waals surface area (Å²) in [5.74, 6) is 1.46. The lowest BCUT2D eigenvalue weighted by Crippen LogP contribution is -2.36. The average Bonchev–Trinajstić information content (AvgIpc) is 2.80. The smallest absolute Gasteiger partial charge is 0.119 e. The van der Waals surface area contributed by atoms with Crippen LogP contribution in [0, 0.1) is 5.92 Å². The van der Waals surface area contributed by atoms with Gasteiger partial charge in [0, 0.05) is 18.7 Å². The highest BCUT2D eigenvalue weighted by atomic mass is 16.5. The number of fused-ring (bicyclic) bond motifs is 1. The van der Waals surface area contributed by atoms with E-state index in [2.05, 4.69) is 31.3 Å². The molecule has 2 atom stereocenters. The number of hydrogen-bond donors (Lipinski definition) is 2. The second-order valence-electron chi connectivity index (χ2n) is 5.69. The molecule has 0 heterocycles. The van der Waals surface area contributed by atoms with Gasteiger partial charge in [-0.2, -0.15) is 0 Å². The van der Waals surface area contributed by atoms with Gasteiger partial charge in [-0.05, 0) is 48.4 Å². The van der Waals surface area contributed by atoms with Crippen LogP contribution in [0.25, 0.3) is 0 Å². The number of ether oxygens (including phenoxy) is 1. The highest BCUT2D eigenvalue weighted by molar-refractivity contribution is 5.40. The van der Waals surface area contributed by atoms with Crippen LogP contribution >= 0.6 is 0 Å². The molecule has 0 aliphatic heterocycles. The third-order valence-electron chi connectivity index (χ3n) is 4.09. The van der Waals surface area contributed by atoms with Crippen LogP contribution in [0.2, 0.25) is 0 Å². The molecule has 0 amide bonds. The van der Waals surface area contributed by atoms with Gasteiger partial charge in [-0.15, -0.1) is 0 Å². The van der Waals surface area contributed by atoms with E-state index in [0.29, 0.717) is 18.0 Å². The van der Waals surface area contributed by atoms with Crippen molar-refractivity contribution in [3.05, 3.63) is 29.3 Å². The van der Waals surface area contributed by atoms with Crippen molar-refractivity contribution >= 4 is 0 Å². The molecule has 0 spiro atoms. The molecule has 106 valence electrons. The first-order chi connectivity index (χ1) is 9.15. The zero-order valence-corrected chi connectivity index (χ0v) is 12.1. The van der Waals surface area contributed by atoms with Gasteiger partial charge in [0.15, 0.2) is 0 Å². The van der Waals surface area contributed by atoms with E-state index in [1.807, 2.05) is 6.07 Å². The summed E-state index contributed by atoms with van der Waals surface area (Å²) in [5.41, 5.74) is 2.78. The summed E-state index contributed by atoms with van der Waals surface area (Å²) in [6.07, 6.45) is 3.07. The molecule has 1 aliphatic carbocycles. The number of hydrogen-bond acceptors (Lipinski definition) is 3. The summed E-state index contributed by atoms with van der Waals surface area (Å²) in [4.78, 5) is 0. The summed E-state index contributed by atoms with van der Waals surface area (Å²) in [5, 5.41) is 12.9. The van der Waals surface area contributed by atoms with E-state index >= 15 is 0 Å². The summed E-state index contributed by atoms with van der Waals surface area (Å²) in [6.45, 7) is 4.65. The molecule has 0 saturated carbocycles. The molecule has 3 nitrogen and oxygen atoms in total. The van der Waals surface area contributed by atoms with Crippen molar-refractivity contribution in [2.24, 2.45) is 5.92 Å². The Balaban J connectivity index is 2.12. The maximum absolute atomic E-state index is 9.18. The minimum atomic E-state index is 0.244. The number of aliphatic hydroxyl groups excluding tert-OH is 1. The molecule has 0 aromatic heterocycles. The standard InChI is InChI=1S/C16H25NO2/c1-11(2)15(8-9-18)17-16-7-5-12-4-6-13(19-3)10-14(12)16/h4,6,10-11,15-18H,5,7-9H2,1-3H3. The van der Waals surface area contributed by atoms with Gasteiger partial charge >= 0.3 is 0 Å². The van der Waals surface area contributed by atoms with Gasteiger partial charge < -0.3 is 15.2 Å². The Morgan fingerprint density at radius 2 is 2.21 bits per heavy atom. The fraction of sp³-hybridized carbons (Fsp3) is 0.625. The largest absolute Gasteiger partial charge is 0.497 e. The van der Waals surface area contributed by atoms with Crippen molar-refractivity contribution in [3.63, 3.8) is 0 Å². The van der Waals surface area contributed by atoms with E-state index in [-0.39, 0.29) is 6.61 Å². The SMILES string of the molecule is COc1ccc2c(c1)C(NC(CCO)C(C)C)CC2. The van der Waals surface area contributed by atoms with Crippen LogP contribution in [0.15, 0.2) is 18.2 Å². The molecule has 0 fully saturated rings. The first-order valence-electron chi connectivity index (χ1n) is 7.19. The van der Waals surface area contributed by atoms with Crippen molar-refractivity contribution < 1.29 is 9.84 Å². The van der Waals surface area contributed by atoms with Crippen LogP contribution in [-0.4, -0.2) is 24.9 Å². The number of methoxy groups -OCH3 is 1. The van der Waals surface area contributed by atoms with Crippen molar-refractivity contribution in [2.75, 3.05) is 13.7 Å². The minimum Gasteiger partial charge on any atom is -0.497 e. The molecule has 1 aromatic carbocycles. The van der Waals surface area contributed by atoms with Crippen LogP contribution in [0.3, 0.4) is 0 Å². The second-order valence-corrected chi connectivity index (χ2v) is 5.69. The van der Waals surface area contributed by atoms with Gasteiger partial charge in [0.1, 0.15) is 5.75 Å². The zero-order valence-electron chi connectivity index (χ0n) is 12.1. The molecule has 0 radical (unpaired) electrons. The fourth-order valence-electron chi connectivity index (χ4n) is 2.89. The fourth-order valence-corrected chi connectivity index (χ4v) is 2.89. The van der Waals surface area contributed by atoms with Gasteiger partial charge in [-0.1, -0.05) is 19.9 Å². The monoisotopic (exact) mass is 263 g/mol. The maximum atomic E-state index is 9.18. The minimum absolute atomic E-state index is 0.244. The van der Waals surface area contributed by atoms with Crippen LogP contribution < -0.4 is 10.1 Å². The van der Waals surface area contributed by atoms with E-state index in [0.717, 1.165) is 25.0 Å². The first-order valence-corrected chi connectivity index (χ1v) is 7.19. The molecule has 1 aliphatic rings. The molecule has 19 heavy (non-hydrogen) atoms. The third kappa shape index (κ3) is 3.28. The lowest BCUT2D eigenvalue weighted by molar-refractivity contribution is 0.234. The molecular formula is C16H25NO2. The average molecular weight is 263 g/mol. The lowest BCUT2D eigenvalue weighted by Gasteiger charge is -2.26. The Morgan fingerprint density at radius 3 is 2.84 bits per heavy atom. The molecule has 2 rings (SSSR count). The Kier molecular flexibility index (Phi) is 4.83. The Morgan fingerprint density at radius 1 is 1.42 bits per heavy atom.